The first-order chi connectivity index (χ1) is 12.9. The zero-order chi connectivity index (χ0) is 19.4. The van der Waals surface area contributed by atoms with Gasteiger partial charge in [-0.15, -0.1) is 0 Å². The Bertz CT molecular complexity index is 851. The number of rotatable bonds is 7. The van der Waals surface area contributed by atoms with E-state index in [9.17, 15) is 8.42 Å². The van der Waals surface area contributed by atoms with E-state index in [-0.39, 0.29) is 0 Å². The highest BCUT2D eigenvalue weighted by atomic mass is 32.2. The molecule has 0 aliphatic carbocycles. The lowest BCUT2D eigenvalue weighted by Gasteiger charge is -2.33. The predicted octanol–water partition coefficient (Wildman–Crippen LogP) is 2.67. The summed E-state index contributed by atoms with van der Waals surface area (Å²) in [5.74, 6) is 0. The Labute approximate surface area is 162 Å². The first-order valence-electron chi connectivity index (χ1n) is 9.78. The number of piperazine rings is 1. The molecule has 1 aromatic carbocycles. The Morgan fingerprint density at radius 3 is 2.26 bits per heavy atom. The lowest BCUT2D eigenvalue weighted by atomic mass is 10.1. The molecule has 1 saturated heterocycles. The van der Waals surface area contributed by atoms with Crippen molar-refractivity contribution in [3.8, 4) is 0 Å². The summed E-state index contributed by atoms with van der Waals surface area (Å²) < 4.78 is 29.4. The third kappa shape index (κ3) is 4.59. The summed E-state index contributed by atoms with van der Waals surface area (Å²) in [7, 11) is -3.41. The number of aromatic nitrogens is 2. The standard InChI is InChI=1S/C20H30N4O2S/c1-4-6-18-7-9-20(10-8-18)27(25,26)24-13-11-22(12-14-24)15-19-16-23(5-2)21-17(19)3/h7-10,16H,4-6,11-15H2,1-3H3. The van der Waals surface area contributed by atoms with Crippen LogP contribution >= 0.6 is 0 Å². The number of hydrogen-bond acceptors (Lipinski definition) is 4. The highest BCUT2D eigenvalue weighted by Crippen LogP contribution is 2.20. The fourth-order valence-corrected chi connectivity index (χ4v) is 4.93. The smallest absolute Gasteiger partial charge is 0.243 e. The third-order valence-corrected chi connectivity index (χ3v) is 7.11. The molecule has 0 saturated carbocycles. The summed E-state index contributed by atoms with van der Waals surface area (Å²) in [5, 5.41) is 4.49. The fraction of sp³-hybridized carbons (Fsp3) is 0.550. The van der Waals surface area contributed by atoms with Crippen molar-refractivity contribution in [2.45, 2.75) is 51.6 Å². The van der Waals surface area contributed by atoms with Crippen LogP contribution in [0.3, 0.4) is 0 Å². The Kier molecular flexibility index (Phi) is 6.34. The molecule has 3 rings (SSSR count). The molecule has 1 aliphatic rings. The molecule has 0 amide bonds. The average molecular weight is 391 g/mol. The summed E-state index contributed by atoms with van der Waals surface area (Å²) >= 11 is 0. The maximum atomic E-state index is 12.9. The van der Waals surface area contributed by atoms with E-state index in [2.05, 4.69) is 30.0 Å². The number of aryl methyl sites for hydroxylation is 3. The minimum absolute atomic E-state index is 0.399. The SMILES string of the molecule is CCCc1ccc(S(=O)(=O)N2CCN(Cc3cn(CC)nc3C)CC2)cc1. The molecule has 6 nitrogen and oxygen atoms in total. The Morgan fingerprint density at radius 2 is 1.70 bits per heavy atom. The van der Waals surface area contributed by atoms with Gasteiger partial charge in [-0.1, -0.05) is 25.5 Å². The maximum Gasteiger partial charge on any atom is 0.243 e. The van der Waals surface area contributed by atoms with Crippen LogP contribution in [0.25, 0.3) is 0 Å². The van der Waals surface area contributed by atoms with Crippen LogP contribution in [0.5, 0.6) is 0 Å². The Balaban J connectivity index is 1.61. The zero-order valence-corrected chi connectivity index (χ0v) is 17.4. The molecule has 1 fully saturated rings. The van der Waals surface area contributed by atoms with E-state index in [1.54, 1.807) is 16.4 Å². The van der Waals surface area contributed by atoms with E-state index in [0.717, 1.165) is 44.7 Å². The lowest BCUT2D eigenvalue weighted by Crippen LogP contribution is -2.48. The largest absolute Gasteiger partial charge is 0.296 e. The zero-order valence-electron chi connectivity index (χ0n) is 16.6. The lowest BCUT2D eigenvalue weighted by molar-refractivity contribution is 0.181. The molecule has 0 atom stereocenters. The van der Waals surface area contributed by atoms with E-state index in [1.807, 2.05) is 23.7 Å². The number of hydrogen-bond donors (Lipinski definition) is 0. The summed E-state index contributed by atoms with van der Waals surface area (Å²) in [6.45, 7) is 10.5. The van der Waals surface area contributed by atoms with Gasteiger partial charge in [0, 0.05) is 51.0 Å². The summed E-state index contributed by atoms with van der Waals surface area (Å²) in [5.41, 5.74) is 3.46. The van der Waals surface area contributed by atoms with Crippen molar-refractivity contribution >= 4 is 10.0 Å². The maximum absolute atomic E-state index is 12.9. The second-order valence-electron chi connectivity index (χ2n) is 7.17. The van der Waals surface area contributed by atoms with Gasteiger partial charge in [-0.3, -0.25) is 9.58 Å². The molecular weight excluding hydrogens is 360 g/mol. The molecule has 0 spiro atoms. The van der Waals surface area contributed by atoms with Gasteiger partial charge in [-0.2, -0.15) is 9.40 Å². The van der Waals surface area contributed by atoms with Crippen LogP contribution in [0.15, 0.2) is 35.4 Å². The van der Waals surface area contributed by atoms with Crippen LogP contribution in [-0.2, 0) is 29.5 Å². The van der Waals surface area contributed by atoms with Gasteiger partial charge in [0.1, 0.15) is 0 Å². The quantitative estimate of drug-likeness (QED) is 0.729. The van der Waals surface area contributed by atoms with Gasteiger partial charge in [0.15, 0.2) is 0 Å². The Morgan fingerprint density at radius 1 is 1.04 bits per heavy atom. The fourth-order valence-electron chi connectivity index (χ4n) is 3.51. The minimum atomic E-state index is -3.41. The highest BCUT2D eigenvalue weighted by molar-refractivity contribution is 7.89. The number of nitrogens with zero attached hydrogens (tertiary/aromatic N) is 4. The van der Waals surface area contributed by atoms with Gasteiger partial charge in [0.05, 0.1) is 10.6 Å². The van der Waals surface area contributed by atoms with Crippen LogP contribution in [0.4, 0.5) is 0 Å². The van der Waals surface area contributed by atoms with Gasteiger partial charge in [-0.05, 0) is 38.0 Å². The van der Waals surface area contributed by atoms with Crippen LogP contribution < -0.4 is 0 Å². The van der Waals surface area contributed by atoms with Crippen LogP contribution in [0.1, 0.15) is 37.1 Å². The molecule has 0 radical (unpaired) electrons. The monoisotopic (exact) mass is 390 g/mol. The molecule has 27 heavy (non-hydrogen) atoms. The van der Waals surface area contributed by atoms with Crippen molar-refractivity contribution in [3.05, 3.63) is 47.3 Å². The molecular formula is C20H30N4O2S. The highest BCUT2D eigenvalue weighted by Gasteiger charge is 2.28. The number of sulfonamides is 1. The van der Waals surface area contributed by atoms with E-state index in [0.29, 0.717) is 18.0 Å². The minimum Gasteiger partial charge on any atom is -0.296 e. The van der Waals surface area contributed by atoms with Crippen LogP contribution in [-0.4, -0.2) is 53.6 Å². The third-order valence-electron chi connectivity index (χ3n) is 5.20. The van der Waals surface area contributed by atoms with Gasteiger partial charge in [0.25, 0.3) is 0 Å². The molecule has 0 bridgehead atoms. The van der Waals surface area contributed by atoms with Crippen molar-refractivity contribution in [2.24, 2.45) is 0 Å². The molecule has 2 heterocycles. The second kappa shape index (κ2) is 8.54. The van der Waals surface area contributed by atoms with Crippen molar-refractivity contribution in [1.82, 2.24) is 19.0 Å². The summed E-state index contributed by atoms with van der Waals surface area (Å²) in [6.07, 6.45) is 4.13. The molecule has 0 unspecified atom stereocenters. The topological polar surface area (TPSA) is 58.4 Å². The van der Waals surface area contributed by atoms with Crippen LogP contribution in [0.2, 0.25) is 0 Å². The summed E-state index contributed by atoms with van der Waals surface area (Å²) in [6, 6.07) is 7.35. The van der Waals surface area contributed by atoms with E-state index in [4.69, 9.17) is 0 Å². The van der Waals surface area contributed by atoms with Crippen LogP contribution in [0, 0.1) is 6.92 Å². The van der Waals surface area contributed by atoms with Crippen molar-refractivity contribution in [2.75, 3.05) is 26.2 Å². The Hall–Kier alpha value is -1.70. The average Bonchev–Trinajstić information content (AvgIpc) is 3.03. The second-order valence-corrected chi connectivity index (χ2v) is 9.11. The normalized spacial score (nSPS) is 16.7. The van der Waals surface area contributed by atoms with Crippen molar-refractivity contribution in [1.29, 1.82) is 0 Å². The molecule has 148 valence electrons. The van der Waals surface area contributed by atoms with Gasteiger partial charge in [0.2, 0.25) is 10.0 Å². The predicted molar refractivity (Wildman–Crippen MR) is 107 cm³/mol. The van der Waals surface area contributed by atoms with Crippen molar-refractivity contribution in [3.63, 3.8) is 0 Å². The van der Waals surface area contributed by atoms with E-state index >= 15 is 0 Å². The first-order valence-corrected chi connectivity index (χ1v) is 11.2. The molecule has 7 heteroatoms. The molecule has 0 N–H and O–H groups in total. The number of benzene rings is 1. The summed E-state index contributed by atoms with van der Waals surface area (Å²) in [4.78, 5) is 2.70. The van der Waals surface area contributed by atoms with Gasteiger partial charge in [-0.25, -0.2) is 8.42 Å². The van der Waals surface area contributed by atoms with E-state index < -0.39 is 10.0 Å². The van der Waals surface area contributed by atoms with E-state index in [1.165, 1.54) is 11.1 Å². The first kappa shape index (κ1) is 20.0. The van der Waals surface area contributed by atoms with Gasteiger partial charge >= 0.3 is 0 Å². The van der Waals surface area contributed by atoms with Gasteiger partial charge < -0.3 is 0 Å². The molecule has 1 aromatic heterocycles. The van der Waals surface area contributed by atoms with Crippen molar-refractivity contribution < 1.29 is 8.42 Å². The molecule has 2 aromatic rings. The molecule has 1 aliphatic heterocycles.